The van der Waals surface area contributed by atoms with E-state index in [9.17, 15) is 0 Å². The highest BCUT2D eigenvalue weighted by molar-refractivity contribution is 5.86. The average Bonchev–Trinajstić information content (AvgIpc) is 3.30. The van der Waals surface area contributed by atoms with E-state index in [2.05, 4.69) is 110 Å². The lowest BCUT2D eigenvalue weighted by molar-refractivity contribution is -0.0494. The fourth-order valence-electron chi connectivity index (χ4n) is 6.51. The van der Waals surface area contributed by atoms with Crippen molar-refractivity contribution in [3.63, 3.8) is 0 Å². The Balaban J connectivity index is 1.65. The summed E-state index contributed by atoms with van der Waals surface area (Å²) in [5, 5.41) is 2.49. The SMILES string of the molecule is C=C1C(=C)[C@H]2[C@@H]1[C@]1(c3ccccc3)O[C@@]2(c2ccccc2)c2cc3ccccc3cc21. The number of hydrogen-bond acceptors (Lipinski definition) is 1. The van der Waals surface area contributed by atoms with Gasteiger partial charge in [-0.05, 0) is 56.3 Å². The van der Waals surface area contributed by atoms with Crippen molar-refractivity contribution in [3.8, 4) is 0 Å². The second kappa shape index (κ2) is 5.63. The number of benzene rings is 4. The minimum Gasteiger partial charge on any atom is -0.348 e. The van der Waals surface area contributed by atoms with E-state index in [0.717, 1.165) is 11.1 Å². The van der Waals surface area contributed by atoms with Gasteiger partial charge >= 0.3 is 0 Å². The first-order valence-corrected chi connectivity index (χ1v) is 10.9. The van der Waals surface area contributed by atoms with E-state index in [4.69, 9.17) is 4.74 Å². The molecule has 1 aliphatic carbocycles. The highest BCUT2D eigenvalue weighted by Crippen LogP contribution is 2.76. The predicted molar refractivity (Wildman–Crippen MR) is 125 cm³/mol. The van der Waals surface area contributed by atoms with E-state index in [0.29, 0.717) is 0 Å². The molecule has 31 heavy (non-hydrogen) atoms. The summed E-state index contributed by atoms with van der Waals surface area (Å²) < 4.78 is 7.37. The minimum absolute atomic E-state index is 0.191. The van der Waals surface area contributed by atoms with Crippen molar-refractivity contribution in [2.45, 2.75) is 11.2 Å². The first-order chi connectivity index (χ1) is 15.2. The lowest BCUT2D eigenvalue weighted by Crippen LogP contribution is -2.49. The lowest BCUT2D eigenvalue weighted by Gasteiger charge is -2.50. The number of rotatable bonds is 2. The van der Waals surface area contributed by atoms with Gasteiger partial charge in [0.05, 0.1) is 0 Å². The molecular formula is C30H22O. The molecule has 3 aliphatic rings. The third kappa shape index (κ3) is 1.83. The molecule has 4 aromatic rings. The van der Waals surface area contributed by atoms with Crippen molar-refractivity contribution in [2.75, 3.05) is 0 Å². The van der Waals surface area contributed by atoms with E-state index in [1.807, 2.05) is 0 Å². The fraction of sp³-hybridized carbons (Fsp3) is 0.133. The Morgan fingerprint density at radius 1 is 0.548 bits per heavy atom. The van der Waals surface area contributed by atoms with E-state index in [1.165, 1.54) is 33.0 Å². The first kappa shape index (κ1) is 17.3. The summed E-state index contributed by atoms with van der Waals surface area (Å²) in [5.41, 5.74) is 6.12. The zero-order valence-electron chi connectivity index (χ0n) is 17.2. The van der Waals surface area contributed by atoms with Crippen LogP contribution < -0.4 is 0 Å². The maximum absolute atomic E-state index is 7.37. The number of hydrogen-bond donors (Lipinski definition) is 0. The summed E-state index contributed by atoms with van der Waals surface area (Å²) in [5.74, 6) is 0.382. The van der Waals surface area contributed by atoms with Gasteiger partial charge in [-0.2, -0.15) is 0 Å². The third-order valence-electron chi connectivity index (χ3n) is 7.79. The van der Waals surface area contributed by atoms with Crippen LogP contribution in [-0.4, -0.2) is 0 Å². The molecule has 0 aromatic heterocycles. The molecule has 0 spiro atoms. The van der Waals surface area contributed by atoms with Crippen LogP contribution in [0.2, 0.25) is 0 Å². The van der Waals surface area contributed by atoms with E-state index in [1.54, 1.807) is 0 Å². The molecule has 2 heterocycles. The van der Waals surface area contributed by atoms with Crippen LogP contribution in [0.5, 0.6) is 0 Å². The molecule has 2 fully saturated rings. The van der Waals surface area contributed by atoms with Crippen molar-refractivity contribution in [1.29, 1.82) is 0 Å². The van der Waals surface area contributed by atoms with Crippen LogP contribution in [-0.2, 0) is 15.9 Å². The Morgan fingerprint density at radius 3 is 1.35 bits per heavy atom. The Morgan fingerprint density at radius 2 is 0.935 bits per heavy atom. The maximum Gasteiger partial charge on any atom is 0.128 e. The molecule has 2 bridgehead atoms. The van der Waals surface area contributed by atoms with Gasteiger partial charge in [0.1, 0.15) is 11.2 Å². The topological polar surface area (TPSA) is 9.23 Å². The highest BCUT2D eigenvalue weighted by atomic mass is 16.5. The molecule has 1 nitrogen and oxygen atoms in total. The molecule has 0 unspecified atom stereocenters. The molecule has 1 saturated carbocycles. The normalized spacial score (nSPS) is 30.2. The second-order valence-corrected chi connectivity index (χ2v) is 9.06. The molecule has 0 radical (unpaired) electrons. The Labute approximate surface area is 182 Å². The van der Waals surface area contributed by atoms with Crippen molar-refractivity contribution in [2.24, 2.45) is 11.8 Å². The van der Waals surface area contributed by atoms with Crippen LogP contribution in [0.15, 0.2) is 121 Å². The van der Waals surface area contributed by atoms with Gasteiger partial charge < -0.3 is 4.74 Å². The van der Waals surface area contributed by atoms with Crippen LogP contribution in [0.1, 0.15) is 22.3 Å². The van der Waals surface area contributed by atoms with E-state index >= 15 is 0 Å². The van der Waals surface area contributed by atoms with Crippen LogP contribution in [0, 0.1) is 11.8 Å². The zero-order chi connectivity index (χ0) is 20.8. The van der Waals surface area contributed by atoms with Crippen LogP contribution in [0.4, 0.5) is 0 Å². The van der Waals surface area contributed by atoms with Crippen molar-refractivity contribution in [3.05, 3.63) is 144 Å². The quantitative estimate of drug-likeness (QED) is 0.364. The predicted octanol–water partition coefficient (Wildman–Crippen LogP) is 6.73. The second-order valence-electron chi connectivity index (χ2n) is 9.06. The molecule has 2 aliphatic heterocycles. The molecule has 148 valence electrons. The van der Waals surface area contributed by atoms with Gasteiger partial charge in [0.15, 0.2) is 0 Å². The maximum atomic E-state index is 7.37. The van der Waals surface area contributed by atoms with Crippen molar-refractivity contribution >= 4 is 10.8 Å². The van der Waals surface area contributed by atoms with Gasteiger partial charge in [0, 0.05) is 11.8 Å². The monoisotopic (exact) mass is 398 g/mol. The molecule has 1 heteroatoms. The van der Waals surface area contributed by atoms with E-state index < -0.39 is 11.2 Å². The smallest absolute Gasteiger partial charge is 0.128 e. The van der Waals surface area contributed by atoms with Crippen molar-refractivity contribution < 1.29 is 4.74 Å². The Kier molecular flexibility index (Phi) is 3.14. The summed E-state index contributed by atoms with van der Waals surface area (Å²) in [4.78, 5) is 0. The largest absolute Gasteiger partial charge is 0.348 e. The highest BCUT2D eigenvalue weighted by Gasteiger charge is 2.76. The summed E-state index contributed by atoms with van der Waals surface area (Å²) >= 11 is 0. The fourth-order valence-corrected chi connectivity index (χ4v) is 6.51. The number of fused-ring (bicyclic) bond motifs is 9. The summed E-state index contributed by atoms with van der Waals surface area (Å²) in [6, 6.07) is 34.7. The molecule has 0 N–H and O–H groups in total. The van der Waals surface area contributed by atoms with Gasteiger partial charge in [0.25, 0.3) is 0 Å². The third-order valence-corrected chi connectivity index (χ3v) is 7.79. The Bertz CT molecular complexity index is 1290. The van der Waals surface area contributed by atoms with Crippen LogP contribution in [0.3, 0.4) is 0 Å². The molecule has 1 saturated heterocycles. The van der Waals surface area contributed by atoms with Crippen LogP contribution in [0.25, 0.3) is 10.8 Å². The summed E-state index contributed by atoms with van der Waals surface area (Å²) in [6.07, 6.45) is 0. The minimum atomic E-state index is -0.542. The molecule has 7 rings (SSSR count). The summed E-state index contributed by atoms with van der Waals surface area (Å²) in [6.45, 7) is 8.91. The summed E-state index contributed by atoms with van der Waals surface area (Å²) in [7, 11) is 0. The van der Waals surface area contributed by atoms with Gasteiger partial charge in [-0.1, -0.05) is 98.1 Å². The standard InChI is InChI=1S/C30H22O/c1-19-20(2)28-27(19)29(23-13-5-3-6-14-23)25-17-21-11-9-10-12-22(21)18-26(25)30(28,31-29)24-15-7-4-8-16-24/h3-18,27-28H,1-2H2/t27-,28+,29-,30+. The van der Waals surface area contributed by atoms with Gasteiger partial charge in [0.2, 0.25) is 0 Å². The zero-order valence-corrected chi connectivity index (χ0v) is 17.2. The molecule has 4 atom stereocenters. The molecule has 4 aromatic carbocycles. The molecular weight excluding hydrogens is 376 g/mol. The van der Waals surface area contributed by atoms with E-state index in [-0.39, 0.29) is 11.8 Å². The van der Waals surface area contributed by atoms with Crippen LogP contribution >= 0.6 is 0 Å². The van der Waals surface area contributed by atoms with Crippen molar-refractivity contribution in [1.82, 2.24) is 0 Å². The average molecular weight is 399 g/mol. The van der Waals surface area contributed by atoms with Gasteiger partial charge in [-0.3, -0.25) is 0 Å². The lowest BCUT2D eigenvalue weighted by atomic mass is 9.48. The van der Waals surface area contributed by atoms with Gasteiger partial charge in [-0.15, -0.1) is 0 Å². The number of ether oxygens (including phenoxy) is 1. The molecule has 0 amide bonds. The first-order valence-electron chi connectivity index (χ1n) is 10.9. The van der Waals surface area contributed by atoms with Gasteiger partial charge in [-0.25, -0.2) is 0 Å². The Hall–Kier alpha value is -3.42.